The maximum absolute atomic E-state index is 11.9. The van der Waals surface area contributed by atoms with Gasteiger partial charge in [0, 0.05) is 30.2 Å². The molecule has 2 rings (SSSR count). The van der Waals surface area contributed by atoms with Crippen LogP contribution in [0.5, 0.6) is 5.75 Å². The Balaban J connectivity index is 1.61. The lowest BCUT2D eigenvalue weighted by Crippen LogP contribution is -2.56. The largest absolute Gasteiger partial charge is 0.492 e. The number of rotatable bonds is 7. The third-order valence-electron chi connectivity index (χ3n) is 4.02. The quantitative estimate of drug-likeness (QED) is 0.735. The Bertz CT molecular complexity index is 516. The van der Waals surface area contributed by atoms with Crippen molar-refractivity contribution in [1.29, 1.82) is 0 Å². The van der Waals surface area contributed by atoms with Crippen LogP contribution in [-0.2, 0) is 4.74 Å². The maximum atomic E-state index is 11.9. The van der Waals surface area contributed by atoms with Crippen molar-refractivity contribution in [2.24, 2.45) is 0 Å². The summed E-state index contributed by atoms with van der Waals surface area (Å²) in [6.07, 6.45) is 0. The molecular weight excluding hydrogens is 330 g/mol. The van der Waals surface area contributed by atoms with Crippen LogP contribution in [0.3, 0.4) is 0 Å². The van der Waals surface area contributed by atoms with Gasteiger partial charge in [0.05, 0.1) is 19.8 Å². The number of nitrogens with zero attached hydrogens (tertiary/aromatic N) is 1. The number of hydrogen-bond acceptors (Lipinski definition) is 4. The number of nitrogens with one attached hydrogen (secondary N) is 2. The second kappa shape index (κ2) is 9.11. The standard InChI is InChI=1S/C17H26ClN3O3/c1-17(2,21-8-11-23-12-9-21)13-20-16(22)19-7-10-24-15-5-3-14(18)4-6-15/h3-6H,7-13H2,1-2H3,(H2,19,20,22). The van der Waals surface area contributed by atoms with E-state index in [2.05, 4.69) is 29.4 Å². The van der Waals surface area contributed by atoms with Gasteiger partial charge in [0.2, 0.25) is 0 Å². The molecule has 1 heterocycles. The Labute approximate surface area is 148 Å². The van der Waals surface area contributed by atoms with Crippen molar-refractivity contribution in [2.75, 3.05) is 46.0 Å². The number of carbonyl (C=O) groups excluding carboxylic acids is 1. The van der Waals surface area contributed by atoms with Crippen molar-refractivity contribution in [2.45, 2.75) is 19.4 Å². The van der Waals surface area contributed by atoms with Gasteiger partial charge in [0.25, 0.3) is 0 Å². The van der Waals surface area contributed by atoms with Gasteiger partial charge in [0.1, 0.15) is 12.4 Å². The predicted octanol–water partition coefficient (Wildman–Crippen LogP) is 2.13. The molecule has 24 heavy (non-hydrogen) atoms. The first-order valence-corrected chi connectivity index (χ1v) is 8.58. The van der Waals surface area contributed by atoms with Gasteiger partial charge in [0.15, 0.2) is 0 Å². The molecule has 6 nitrogen and oxygen atoms in total. The fourth-order valence-corrected chi connectivity index (χ4v) is 2.63. The summed E-state index contributed by atoms with van der Waals surface area (Å²) < 4.78 is 10.9. The minimum absolute atomic E-state index is 0.0963. The van der Waals surface area contributed by atoms with Gasteiger partial charge in [-0.1, -0.05) is 11.6 Å². The molecule has 1 aliphatic heterocycles. The monoisotopic (exact) mass is 355 g/mol. The number of halogens is 1. The van der Waals surface area contributed by atoms with Gasteiger partial charge in [-0.2, -0.15) is 0 Å². The Morgan fingerprint density at radius 1 is 1.25 bits per heavy atom. The van der Waals surface area contributed by atoms with Crippen molar-refractivity contribution < 1.29 is 14.3 Å². The van der Waals surface area contributed by atoms with Crippen LogP contribution in [0.4, 0.5) is 4.79 Å². The maximum Gasteiger partial charge on any atom is 0.314 e. The Hall–Kier alpha value is -1.50. The van der Waals surface area contributed by atoms with Gasteiger partial charge in [-0.3, -0.25) is 4.90 Å². The van der Waals surface area contributed by atoms with E-state index >= 15 is 0 Å². The number of amides is 2. The topological polar surface area (TPSA) is 62.8 Å². The Kier molecular flexibility index (Phi) is 7.15. The first-order valence-electron chi connectivity index (χ1n) is 8.20. The summed E-state index contributed by atoms with van der Waals surface area (Å²) in [5, 5.41) is 6.39. The normalized spacial score (nSPS) is 15.8. The highest BCUT2D eigenvalue weighted by molar-refractivity contribution is 6.30. The number of morpholine rings is 1. The molecule has 0 radical (unpaired) electrons. The lowest BCUT2D eigenvalue weighted by atomic mass is 10.0. The van der Waals surface area contributed by atoms with Crippen LogP contribution in [0, 0.1) is 0 Å². The molecule has 1 aromatic rings. The van der Waals surface area contributed by atoms with E-state index in [9.17, 15) is 4.79 Å². The van der Waals surface area contributed by atoms with Crippen molar-refractivity contribution >= 4 is 17.6 Å². The van der Waals surface area contributed by atoms with Crippen molar-refractivity contribution in [3.63, 3.8) is 0 Å². The third kappa shape index (κ3) is 6.19. The Morgan fingerprint density at radius 2 is 1.92 bits per heavy atom. The smallest absolute Gasteiger partial charge is 0.314 e. The molecule has 134 valence electrons. The Morgan fingerprint density at radius 3 is 2.58 bits per heavy atom. The third-order valence-corrected chi connectivity index (χ3v) is 4.27. The van der Waals surface area contributed by atoms with E-state index in [0.717, 1.165) is 32.1 Å². The molecule has 1 aliphatic rings. The summed E-state index contributed by atoms with van der Waals surface area (Å²) in [5.74, 6) is 0.732. The SMILES string of the molecule is CC(C)(CNC(=O)NCCOc1ccc(Cl)cc1)N1CCOCC1. The van der Waals surface area contributed by atoms with Crippen LogP contribution in [-0.4, -0.2) is 62.5 Å². The first kappa shape index (κ1) is 18.8. The van der Waals surface area contributed by atoms with E-state index in [4.69, 9.17) is 21.1 Å². The summed E-state index contributed by atoms with van der Waals surface area (Å²) >= 11 is 5.81. The second-order valence-corrected chi connectivity index (χ2v) is 6.76. The van der Waals surface area contributed by atoms with E-state index in [-0.39, 0.29) is 11.6 Å². The molecule has 1 aromatic carbocycles. The molecule has 1 saturated heterocycles. The fourth-order valence-electron chi connectivity index (χ4n) is 2.50. The molecule has 0 bridgehead atoms. The predicted molar refractivity (Wildman–Crippen MR) is 94.8 cm³/mol. The van der Waals surface area contributed by atoms with E-state index < -0.39 is 0 Å². The fraction of sp³-hybridized carbons (Fsp3) is 0.588. The molecule has 0 atom stereocenters. The number of ether oxygens (including phenoxy) is 2. The number of benzene rings is 1. The van der Waals surface area contributed by atoms with Gasteiger partial charge in [-0.05, 0) is 38.1 Å². The number of hydrogen-bond donors (Lipinski definition) is 2. The van der Waals surface area contributed by atoms with Crippen LogP contribution in [0.25, 0.3) is 0 Å². The molecular formula is C17H26ClN3O3. The average molecular weight is 356 g/mol. The zero-order chi connectivity index (χ0) is 17.4. The molecule has 0 saturated carbocycles. The van der Waals surface area contributed by atoms with Gasteiger partial charge >= 0.3 is 6.03 Å². The van der Waals surface area contributed by atoms with Crippen LogP contribution in [0.2, 0.25) is 5.02 Å². The summed E-state index contributed by atoms with van der Waals surface area (Å²) in [7, 11) is 0. The van der Waals surface area contributed by atoms with Crippen LogP contribution >= 0.6 is 11.6 Å². The minimum Gasteiger partial charge on any atom is -0.492 e. The summed E-state index contributed by atoms with van der Waals surface area (Å²) in [4.78, 5) is 14.2. The van der Waals surface area contributed by atoms with Gasteiger partial charge in [-0.25, -0.2) is 4.79 Å². The minimum atomic E-state index is -0.184. The van der Waals surface area contributed by atoms with E-state index in [1.807, 2.05) is 0 Å². The number of urea groups is 1. The second-order valence-electron chi connectivity index (χ2n) is 6.32. The number of carbonyl (C=O) groups is 1. The molecule has 0 unspecified atom stereocenters. The first-order chi connectivity index (χ1) is 11.5. The molecule has 0 spiro atoms. The average Bonchev–Trinajstić information content (AvgIpc) is 2.59. The highest BCUT2D eigenvalue weighted by Crippen LogP contribution is 2.16. The molecule has 0 aromatic heterocycles. The van der Waals surface area contributed by atoms with Gasteiger partial charge in [-0.15, -0.1) is 0 Å². The van der Waals surface area contributed by atoms with Crippen molar-refractivity contribution in [3.05, 3.63) is 29.3 Å². The highest BCUT2D eigenvalue weighted by Gasteiger charge is 2.28. The summed E-state index contributed by atoms with van der Waals surface area (Å²) in [6, 6.07) is 6.95. The lowest BCUT2D eigenvalue weighted by Gasteiger charge is -2.40. The van der Waals surface area contributed by atoms with Crippen LogP contribution < -0.4 is 15.4 Å². The van der Waals surface area contributed by atoms with Crippen LogP contribution in [0.15, 0.2) is 24.3 Å². The van der Waals surface area contributed by atoms with Crippen molar-refractivity contribution in [1.82, 2.24) is 15.5 Å². The molecule has 1 fully saturated rings. The van der Waals surface area contributed by atoms with Gasteiger partial charge < -0.3 is 20.1 Å². The van der Waals surface area contributed by atoms with E-state index in [1.54, 1.807) is 24.3 Å². The van der Waals surface area contributed by atoms with E-state index in [1.165, 1.54) is 0 Å². The zero-order valence-corrected chi connectivity index (χ0v) is 15.1. The van der Waals surface area contributed by atoms with E-state index in [0.29, 0.717) is 24.7 Å². The zero-order valence-electron chi connectivity index (χ0n) is 14.3. The van der Waals surface area contributed by atoms with Crippen LogP contribution in [0.1, 0.15) is 13.8 Å². The molecule has 2 amide bonds. The highest BCUT2D eigenvalue weighted by atomic mass is 35.5. The summed E-state index contributed by atoms with van der Waals surface area (Å²) in [6.45, 7) is 8.96. The molecule has 2 N–H and O–H groups in total. The van der Waals surface area contributed by atoms with Crippen molar-refractivity contribution in [3.8, 4) is 5.75 Å². The lowest BCUT2D eigenvalue weighted by molar-refractivity contribution is -0.00874. The molecule has 7 heteroatoms. The summed E-state index contributed by atoms with van der Waals surface area (Å²) in [5.41, 5.74) is -0.0963. The molecule has 0 aliphatic carbocycles.